The quantitative estimate of drug-likeness (QED) is 0.855. The molecule has 4 aliphatic rings. The van der Waals surface area contributed by atoms with E-state index >= 15 is 0 Å². The highest BCUT2D eigenvalue weighted by Crippen LogP contribution is 2.35. The van der Waals surface area contributed by atoms with Crippen LogP contribution in [-0.4, -0.2) is 52.9 Å². The monoisotopic (exact) mass is 291 g/mol. The number of hydrogen-bond acceptors (Lipinski definition) is 4. The number of rotatable bonds is 3. The third-order valence-corrected chi connectivity index (χ3v) is 5.54. The first-order valence-electron chi connectivity index (χ1n) is 7.71. The molecule has 0 aromatic carbocycles. The Balaban J connectivity index is 1.49. The van der Waals surface area contributed by atoms with Crippen LogP contribution in [0.1, 0.15) is 36.2 Å². The SMILES string of the molecule is O=C(c1cscn1)N1C[C@H]2CC[C@@H](C1)N(CC1CC1)C2. The molecule has 4 fully saturated rings. The van der Waals surface area contributed by atoms with Crippen molar-refractivity contribution in [3.05, 3.63) is 16.6 Å². The Morgan fingerprint density at radius 1 is 1.25 bits per heavy atom. The molecule has 0 radical (unpaired) electrons. The van der Waals surface area contributed by atoms with E-state index in [1.807, 2.05) is 5.38 Å². The molecule has 108 valence electrons. The number of hydrogen-bond donors (Lipinski definition) is 0. The summed E-state index contributed by atoms with van der Waals surface area (Å²) in [5, 5.41) is 1.87. The maximum absolute atomic E-state index is 12.5. The number of nitrogens with zero attached hydrogens (tertiary/aromatic N) is 3. The predicted molar refractivity (Wildman–Crippen MR) is 78.8 cm³/mol. The van der Waals surface area contributed by atoms with Gasteiger partial charge in [0.25, 0.3) is 5.91 Å². The van der Waals surface area contributed by atoms with Crippen molar-refractivity contribution in [2.45, 2.75) is 31.7 Å². The van der Waals surface area contributed by atoms with Gasteiger partial charge >= 0.3 is 0 Å². The lowest BCUT2D eigenvalue weighted by Gasteiger charge is -2.36. The fourth-order valence-electron chi connectivity index (χ4n) is 3.68. The molecule has 0 spiro atoms. The zero-order chi connectivity index (χ0) is 13.5. The van der Waals surface area contributed by atoms with E-state index in [-0.39, 0.29) is 5.91 Å². The molecule has 5 rings (SSSR count). The van der Waals surface area contributed by atoms with Gasteiger partial charge in [0, 0.05) is 37.6 Å². The van der Waals surface area contributed by atoms with Crippen LogP contribution >= 0.6 is 11.3 Å². The normalized spacial score (nSPS) is 30.5. The van der Waals surface area contributed by atoms with Gasteiger partial charge < -0.3 is 4.90 Å². The van der Waals surface area contributed by atoms with Crippen molar-refractivity contribution in [1.29, 1.82) is 0 Å². The Hall–Kier alpha value is -0.940. The highest BCUT2D eigenvalue weighted by molar-refractivity contribution is 7.07. The second-order valence-corrected chi connectivity index (χ2v) is 7.30. The average molecular weight is 291 g/mol. The van der Waals surface area contributed by atoms with Crippen LogP contribution in [0, 0.1) is 11.8 Å². The molecular weight excluding hydrogens is 270 g/mol. The second kappa shape index (κ2) is 5.11. The summed E-state index contributed by atoms with van der Waals surface area (Å²) in [4.78, 5) is 21.4. The number of aromatic nitrogens is 1. The molecule has 1 aromatic heterocycles. The van der Waals surface area contributed by atoms with E-state index in [2.05, 4.69) is 14.8 Å². The van der Waals surface area contributed by atoms with Crippen LogP contribution in [0.2, 0.25) is 0 Å². The van der Waals surface area contributed by atoms with Crippen LogP contribution in [0.5, 0.6) is 0 Å². The van der Waals surface area contributed by atoms with Crippen molar-refractivity contribution in [2.75, 3.05) is 26.2 Å². The largest absolute Gasteiger partial charge is 0.335 e. The Bertz CT molecular complexity index is 485. The molecule has 2 atom stereocenters. The van der Waals surface area contributed by atoms with Crippen molar-refractivity contribution in [2.24, 2.45) is 11.8 Å². The van der Waals surface area contributed by atoms with Gasteiger partial charge in [-0.3, -0.25) is 9.69 Å². The van der Waals surface area contributed by atoms with E-state index in [1.54, 1.807) is 5.51 Å². The summed E-state index contributed by atoms with van der Waals surface area (Å²) in [6.45, 7) is 4.29. The van der Waals surface area contributed by atoms with E-state index in [0.717, 1.165) is 19.0 Å². The van der Waals surface area contributed by atoms with E-state index in [0.29, 0.717) is 17.7 Å². The molecule has 1 saturated carbocycles. The number of carbonyl (C=O) groups is 1. The van der Waals surface area contributed by atoms with Crippen molar-refractivity contribution in [3.8, 4) is 0 Å². The summed E-state index contributed by atoms with van der Waals surface area (Å²) >= 11 is 1.50. The van der Waals surface area contributed by atoms with Crippen LogP contribution < -0.4 is 0 Å². The highest BCUT2D eigenvalue weighted by Gasteiger charge is 2.38. The van der Waals surface area contributed by atoms with Gasteiger partial charge in [0.1, 0.15) is 5.69 Å². The molecule has 5 heteroatoms. The minimum atomic E-state index is 0.136. The van der Waals surface area contributed by atoms with Crippen LogP contribution in [0.4, 0.5) is 0 Å². The highest BCUT2D eigenvalue weighted by atomic mass is 32.1. The Labute approximate surface area is 123 Å². The molecular formula is C15H21N3OS. The Morgan fingerprint density at radius 3 is 2.90 bits per heavy atom. The molecule has 3 saturated heterocycles. The third kappa shape index (κ3) is 2.49. The lowest BCUT2D eigenvalue weighted by molar-refractivity contribution is 0.0731. The Kier molecular flexibility index (Phi) is 3.27. The predicted octanol–water partition coefficient (Wildman–Crippen LogP) is 2.09. The fourth-order valence-corrected chi connectivity index (χ4v) is 4.21. The summed E-state index contributed by atoms with van der Waals surface area (Å²) in [6.07, 6.45) is 5.37. The molecule has 0 unspecified atom stereocenters. The fraction of sp³-hybridized carbons (Fsp3) is 0.733. The number of amides is 1. The van der Waals surface area contributed by atoms with Gasteiger partial charge in [-0.05, 0) is 37.5 Å². The maximum atomic E-state index is 12.5. The lowest BCUT2D eigenvalue weighted by Crippen LogP contribution is -2.45. The zero-order valence-corrected chi connectivity index (χ0v) is 12.5. The zero-order valence-electron chi connectivity index (χ0n) is 11.7. The summed E-state index contributed by atoms with van der Waals surface area (Å²) in [6, 6.07) is 0.580. The van der Waals surface area contributed by atoms with Gasteiger partial charge in [-0.15, -0.1) is 11.3 Å². The molecule has 20 heavy (non-hydrogen) atoms. The summed E-state index contributed by atoms with van der Waals surface area (Å²) < 4.78 is 0. The molecule has 4 heterocycles. The standard InChI is InChI=1S/C15H21N3OS/c19-15(14-9-20-10-16-14)18-7-12-3-4-13(8-18)17(6-12)5-11-1-2-11/h9-13H,1-8H2/t12-,13-/m0/s1. The minimum Gasteiger partial charge on any atom is -0.335 e. The van der Waals surface area contributed by atoms with Gasteiger partial charge in [0.2, 0.25) is 0 Å². The molecule has 0 N–H and O–H groups in total. The van der Waals surface area contributed by atoms with Crippen molar-refractivity contribution < 1.29 is 4.79 Å². The summed E-state index contributed by atoms with van der Waals surface area (Å²) in [7, 11) is 0. The molecule has 4 nitrogen and oxygen atoms in total. The van der Waals surface area contributed by atoms with E-state index in [4.69, 9.17) is 0 Å². The number of thiazole rings is 1. The lowest BCUT2D eigenvalue weighted by atomic mass is 9.95. The third-order valence-electron chi connectivity index (χ3n) is 4.96. The first kappa shape index (κ1) is 12.8. The summed E-state index contributed by atoms with van der Waals surface area (Å²) in [5.41, 5.74) is 2.38. The minimum absolute atomic E-state index is 0.136. The average Bonchev–Trinajstić information content (AvgIpc) is 3.18. The first-order valence-corrected chi connectivity index (χ1v) is 8.65. The first-order chi connectivity index (χ1) is 9.79. The van der Waals surface area contributed by atoms with Gasteiger partial charge in [-0.2, -0.15) is 0 Å². The number of fused-ring (bicyclic) bond motifs is 4. The number of carbonyl (C=O) groups excluding carboxylic acids is 1. The van der Waals surface area contributed by atoms with E-state index in [9.17, 15) is 4.79 Å². The molecule has 3 aliphatic heterocycles. The van der Waals surface area contributed by atoms with Crippen molar-refractivity contribution in [1.82, 2.24) is 14.8 Å². The number of piperidine rings is 1. The van der Waals surface area contributed by atoms with E-state index < -0.39 is 0 Å². The molecule has 2 bridgehead atoms. The van der Waals surface area contributed by atoms with Gasteiger partial charge in [0.15, 0.2) is 0 Å². The summed E-state index contributed by atoms with van der Waals surface area (Å²) in [5.74, 6) is 1.74. The smallest absolute Gasteiger partial charge is 0.273 e. The van der Waals surface area contributed by atoms with Crippen LogP contribution in [-0.2, 0) is 0 Å². The van der Waals surface area contributed by atoms with Gasteiger partial charge in [0.05, 0.1) is 5.51 Å². The van der Waals surface area contributed by atoms with Gasteiger partial charge in [-0.25, -0.2) is 4.98 Å². The van der Waals surface area contributed by atoms with Crippen molar-refractivity contribution >= 4 is 17.2 Å². The molecule has 1 amide bonds. The van der Waals surface area contributed by atoms with Crippen LogP contribution in [0.15, 0.2) is 10.9 Å². The van der Waals surface area contributed by atoms with E-state index in [1.165, 1.54) is 50.1 Å². The second-order valence-electron chi connectivity index (χ2n) is 6.58. The Morgan fingerprint density at radius 2 is 2.15 bits per heavy atom. The molecule has 1 aromatic rings. The maximum Gasteiger partial charge on any atom is 0.273 e. The van der Waals surface area contributed by atoms with Crippen LogP contribution in [0.3, 0.4) is 0 Å². The topological polar surface area (TPSA) is 36.4 Å². The molecule has 1 aliphatic carbocycles. The van der Waals surface area contributed by atoms with Crippen molar-refractivity contribution in [3.63, 3.8) is 0 Å². The van der Waals surface area contributed by atoms with Gasteiger partial charge in [-0.1, -0.05) is 0 Å². The van der Waals surface area contributed by atoms with Crippen LogP contribution in [0.25, 0.3) is 0 Å².